The van der Waals surface area contributed by atoms with Crippen molar-refractivity contribution in [2.75, 3.05) is 6.61 Å². The van der Waals surface area contributed by atoms with Gasteiger partial charge in [0.25, 0.3) is 0 Å². The molecule has 0 unspecified atom stereocenters. The standard InChI is InChI=1S/C18H18FN3O2/c19-13-6-5-12-7-11-3-1-2-4-15(11)17(9-14(24)10-23)18(21-22-20)16(12)8-13/h1-6,8,14,17-18,23-24H,7,9-10H2/t14-,17-,18-/m1/s1. The van der Waals surface area contributed by atoms with Gasteiger partial charge >= 0.3 is 0 Å². The molecule has 1 aliphatic rings. The molecule has 0 aromatic heterocycles. The molecular formula is C18H18FN3O2. The van der Waals surface area contributed by atoms with Gasteiger partial charge in [-0.25, -0.2) is 4.39 Å². The summed E-state index contributed by atoms with van der Waals surface area (Å²) < 4.78 is 13.8. The van der Waals surface area contributed by atoms with E-state index in [1.54, 1.807) is 6.07 Å². The molecule has 6 heteroatoms. The van der Waals surface area contributed by atoms with E-state index in [4.69, 9.17) is 5.53 Å². The molecule has 5 nitrogen and oxygen atoms in total. The third kappa shape index (κ3) is 3.12. The quantitative estimate of drug-likeness (QED) is 0.510. The minimum Gasteiger partial charge on any atom is -0.394 e. The van der Waals surface area contributed by atoms with E-state index in [1.165, 1.54) is 12.1 Å². The number of rotatable bonds is 4. The summed E-state index contributed by atoms with van der Waals surface area (Å²) in [5.74, 6) is -0.721. The summed E-state index contributed by atoms with van der Waals surface area (Å²) in [6.45, 7) is -0.377. The Kier molecular flexibility index (Phi) is 4.81. The van der Waals surface area contributed by atoms with Gasteiger partial charge in [0.15, 0.2) is 0 Å². The van der Waals surface area contributed by atoms with E-state index < -0.39 is 12.1 Å². The van der Waals surface area contributed by atoms with Crippen molar-refractivity contribution in [2.24, 2.45) is 5.11 Å². The molecule has 124 valence electrons. The molecule has 0 saturated heterocycles. The predicted molar refractivity (Wildman–Crippen MR) is 88.0 cm³/mol. The molecule has 0 bridgehead atoms. The predicted octanol–water partition coefficient (Wildman–Crippen LogP) is 3.61. The fourth-order valence-corrected chi connectivity index (χ4v) is 3.47. The molecule has 0 saturated carbocycles. The molecule has 1 aliphatic carbocycles. The van der Waals surface area contributed by atoms with Crippen LogP contribution in [0.2, 0.25) is 0 Å². The first-order valence-corrected chi connectivity index (χ1v) is 7.83. The molecule has 2 aromatic carbocycles. The van der Waals surface area contributed by atoms with Crippen LogP contribution in [0, 0.1) is 5.82 Å². The minimum absolute atomic E-state index is 0.229. The fraction of sp³-hybridized carbons (Fsp3) is 0.333. The van der Waals surface area contributed by atoms with Crippen molar-refractivity contribution in [3.8, 4) is 0 Å². The van der Waals surface area contributed by atoms with Gasteiger partial charge in [-0.3, -0.25) is 0 Å². The molecule has 0 fully saturated rings. The summed E-state index contributed by atoms with van der Waals surface area (Å²) in [4.78, 5) is 2.94. The number of hydrogen-bond donors (Lipinski definition) is 2. The summed E-state index contributed by atoms with van der Waals surface area (Å²) in [5.41, 5.74) is 12.6. The molecule has 0 amide bonds. The van der Waals surface area contributed by atoms with E-state index in [0.29, 0.717) is 12.0 Å². The highest BCUT2D eigenvalue weighted by Crippen LogP contribution is 2.44. The van der Waals surface area contributed by atoms with Crippen molar-refractivity contribution < 1.29 is 14.6 Å². The van der Waals surface area contributed by atoms with Gasteiger partial charge in [0.2, 0.25) is 0 Å². The third-order valence-electron chi connectivity index (χ3n) is 4.56. The van der Waals surface area contributed by atoms with Crippen molar-refractivity contribution >= 4 is 0 Å². The smallest absolute Gasteiger partial charge is 0.123 e. The Balaban J connectivity index is 2.20. The Morgan fingerprint density at radius 3 is 2.71 bits per heavy atom. The summed E-state index contributed by atoms with van der Waals surface area (Å²) in [7, 11) is 0. The number of hydrogen-bond acceptors (Lipinski definition) is 3. The number of halogens is 1. The number of benzene rings is 2. The second-order valence-corrected chi connectivity index (χ2v) is 6.05. The first-order chi connectivity index (χ1) is 11.6. The van der Waals surface area contributed by atoms with E-state index in [9.17, 15) is 14.6 Å². The van der Waals surface area contributed by atoms with E-state index in [0.717, 1.165) is 16.7 Å². The highest BCUT2D eigenvalue weighted by Gasteiger charge is 2.32. The first kappa shape index (κ1) is 16.5. The average Bonchev–Trinajstić information content (AvgIpc) is 2.71. The molecule has 0 radical (unpaired) electrons. The van der Waals surface area contributed by atoms with Crippen LogP contribution in [-0.4, -0.2) is 22.9 Å². The van der Waals surface area contributed by atoms with Crippen LogP contribution in [0.5, 0.6) is 0 Å². The Morgan fingerprint density at radius 1 is 1.21 bits per heavy atom. The molecular weight excluding hydrogens is 309 g/mol. The highest BCUT2D eigenvalue weighted by atomic mass is 19.1. The largest absolute Gasteiger partial charge is 0.394 e. The monoisotopic (exact) mass is 327 g/mol. The van der Waals surface area contributed by atoms with Crippen molar-refractivity contribution in [2.45, 2.75) is 30.9 Å². The zero-order valence-electron chi connectivity index (χ0n) is 13.0. The van der Waals surface area contributed by atoms with Crippen LogP contribution in [0.25, 0.3) is 10.4 Å². The molecule has 2 N–H and O–H groups in total. The van der Waals surface area contributed by atoms with Crippen LogP contribution in [0.3, 0.4) is 0 Å². The number of nitrogens with zero attached hydrogens (tertiary/aromatic N) is 3. The maximum atomic E-state index is 13.8. The van der Waals surface area contributed by atoms with Crippen LogP contribution in [-0.2, 0) is 6.42 Å². The number of aliphatic hydroxyl groups excluding tert-OH is 2. The Morgan fingerprint density at radius 2 is 1.96 bits per heavy atom. The lowest BCUT2D eigenvalue weighted by Crippen LogP contribution is -2.20. The topological polar surface area (TPSA) is 89.2 Å². The van der Waals surface area contributed by atoms with Gasteiger partial charge in [0.05, 0.1) is 18.8 Å². The van der Waals surface area contributed by atoms with Crippen molar-refractivity contribution in [3.63, 3.8) is 0 Å². The van der Waals surface area contributed by atoms with Crippen LogP contribution in [0.4, 0.5) is 4.39 Å². The normalized spacial score (nSPS) is 20.3. The molecule has 0 spiro atoms. The number of azide groups is 1. The average molecular weight is 327 g/mol. The van der Waals surface area contributed by atoms with Gasteiger partial charge in [-0.15, -0.1) is 0 Å². The lowest BCUT2D eigenvalue weighted by molar-refractivity contribution is 0.0797. The number of aliphatic hydroxyl groups is 2. The summed E-state index contributed by atoms with van der Waals surface area (Å²) in [6, 6.07) is 11.6. The highest BCUT2D eigenvalue weighted by molar-refractivity contribution is 5.45. The van der Waals surface area contributed by atoms with Crippen LogP contribution in [0.15, 0.2) is 47.6 Å². The third-order valence-corrected chi connectivity index (χ3v) is 4.56. The summed E-state index contributed by atoms with van der Waals surface area (Å²) in [6.07, 6.45) is -0.100. The van der Waals surface area contributed by atoms with Gasteiger partial charge in [0.1, 0.15) is 5.82 Å². The van der Waals surface area contributed by atoms with E-state index >= 15 is 0 Å². The zero-order chi connectivity index (χ0) is 17.1. The zero-order valence-corrected chi connectivity index (χ0v) is 13.0. The first-order valence-electron chi connectivity index (χ1n) is 7.83. The van der Waals surface area contributed by atoms with E-state index in [2.05, 4.69) is 10.0 Å². The Bertz CT molecular complexity index is 790. The van der Waals surface area contributed by atoms with Crippen LogP contribution < -0.4 is 0 Å². The van der Waals surface area contributed by atoms with Gasteiger partial charge in [-0.05, 0) is 58.7 Å². The van der Waals surface area contributed by atoms with Gasteiger partial charge in [-0.1, -0.05) is 35.4 Å². The van der Waals surface area contributed by atoms with Crippen molar-refractivity contribution in [1.82, 2.24) is 0 Å². The van der Waals surface area contributed by atoms with Crippen molar-refractivity contribution in [3.05, 3.63) is 81.0 Å². The molecule has 2 aromatic rings. The van der Waals surface area contributed by atoms with E-state index in [1.807, 2.05) is 24.3 Å². The van der Waals surface area contributed by atoms with Crippen LogP contribution >= 0.6 is 0 Å². The number of fused-ring (bicyclic) bond motifs is 2. The van der Waals surface area contributed by atoms with Crippen molar-refractivity contribution in [1.29, 1.82) is 0 Å². The molecule has 3 rings (SSSR count). The minimum atomic E-state index is -0.936. The van der Waals surface area contributed by atoms with E-state index in [-0.39, 0.29) is 24.8 Å². The van der Waals surface area contributed by atoms with Gasteiger partial charge < -0.3 is 10.2 Å². The van der Waals surface area contributed by atoms with Crippen LogP contribution in [0.1, 0.15) is 40.6 Å². The maximum Gasteiger partial charge on any atom is 0.123 e. The molecule has 3 atom stereocenters. The summed E-state index contributed by atoms with van der Waals surface area (Å²) >= 11 is 0. The SMILES string of the molecule is [N-]=[N+]=N[C@@H]1c2cc(F)ccc2Cc2ccccc2[C@H]1C[C@@H](O)CO. The molecule has 0 aliphatic heterocycles. The fourth-order valence-electron chi connectivity index (χ4n) is 3.47. The maximum absolute atomic E-state index is 13.8. The Labute approximate surface area is 139 Å². The second kappa shape index (κ2) is 7.01. The van der Waals surface area contributed by atoms with Gasteiger partial charge in [-0.2, -0.15) is 0 Å². The lowest BCUT2D eigenvalue weighted by atomic mass is 9.83. The molecule has 0 heterocycles. The van der Waals surface area contributed by atoms with Gasteiger partial charge in [0, 0.05) is 4.91 Å². The second-order valence-electron chi connectivity index (χ2n) is 6.05. The lowest BCUT2D eigenvalue weighted by Gasteiger charge is -2.26. The summed E-state index contributed by atoms with van der Waals surface area (Å²) in [5, 5.41) is 23.1. The Hall–Kier alpha value is -2.40. The molecule has 24 heavy (non-hydrogen) atoms.